The van der Waals surface area contributed by atoms with Crippen LogP contribution >= 0.6 is 0 Å². The van der Waals surface area contributed by atoms with Crippen molar-refractivity contribution in [3.05, 3.63) is 0 Å². The Morgan fingerprint density at radius 3 is 0.357 bits per heavy atom. The predicted octanol–water partition coefficient (Wildman–Crippen LogP) is -14.7. The molecular formula is C6CeLaNdO18Pr. The van der Waals surface area contributed by atoms with Gasteiger partial charge in [-0.2, -0.15) is 0 Å². The second-order valence-corrected chi connectivity index (χ2v) is 1.50. The molecule has 2 radical (unpaired) electrons. The fourth-order valence-corrected chi connectivity index (χ4v) is 0. The van der Waals surface area contributed by atoms with E-state index in [1.165, 1.54) is 0 Å². The van der Waals surface area contributed by atoms with E-state index in [9.17, 15) is 0 Å². The molecule has 0 aliphatic carbocycles. The zero-order valence-electron chi connectivity index (χ0n) is 12.5. The molecule has 0 heterocycles. The van der Waals surface area contributed by atoms with Gasteiger partial charge in [0.05, 0.1) is 0 Å². The average Bonchev–Trinajstić information content (AvgIpc) is 2.08. The first kappa shape index (κ1) is 63.0. The number of rotatable bonds is 0. The van der Waals surface area contributed by atoms with E-state index in [1.807, 2.05) is 0 Å². The first-order valence-electron chi connectivity index (χ1n) is 3.67. The van der Waals surface area contributed by atoms with Gasteiger partial charge in [0, 0.05) is 0 Å². The summed E-state index contributed by atoms with van der Waals surface area (Å²) in [7, 11) is 0. The minimum Gasteiger partial charge on any atom is -0.652 e. The van der Waals surface area contributed by atoms with Gasteiger partial charge in [0.25, 0.3) is 0 Å². The van der Waals surface area contributed by atoms with Gasteiger partial charge >= 0.3 is 159 Å². The molecular weight excluding hydrogens is 924 g/mol. The topological polar surface area (TPSA) is 379 Å². The Labute approximate surface area is 281 Å². The summed E-state index contributed by atoms with van der Waals surface area (Å²) in [6, 6.07) is 0. The molecule has 146 valence electrons. The van der Waals surface area contributed by atoms with Crippen molar-refractivity contribution in [2.75, 3.05) is 0 Å². The molecule has 0 amide bonds. The van der Waals surface area contributed by atoms with Gasteiger partial charge < -0.3 is 90.0 Å². The molecule has 0 spiro atoms. The third kappa shape index (κ3) is 22000. The van der Waals surface area contributed by atoms with Crippen molar-refractivity contribution >= 4 is 36.9 Å². The van der Waals surface area contributed by atoms with Crippen LogP contribution in [0.1, 0.15) is 0 Å². The summed E-state index contributed by atoms with van der Waals surface area (Å²) in [5.74, 6) is 0. The van der Waals surface area contributed by atoms with E-state index in [2.05, 4.69) is 0 Å². The van der Waals surface area contributed by atoms with Gasteiger partial charge in [-0.15, -0.1) is 0 Å². The average molecular weight is 924 g/mol. The molecule has 0 aliphatic heterocycles. The summed E-state index contributed by atoms with van der Waals surface area (Å²) in [6.07, 6.45) is -14.0. The summed E-state index contributed by atoms with van der Waals surface area (Å²) in [6.45, 7) is 0. The minimum atomic E-state index is -2.33. The molecule has 0 saturated heterocycles. The second-order valence-electron chi connectivity index (χ2n) is 1.50. The number of carboxylic acid groups (broad SMARTS) is 12. The van der Waals surface area contributed by atoms with Crippen LogP contribution in [0, 0.1) is 159 Å². The molecule has 0 atom stereocenters. The Bertz CT molecular complexity index is 275. The maximum absolute atomic E-state index is 8.33. The third-order valence-corrected chi connectivity index (χ3v) is 0. The van der Waals surface area contributed by atoms with E-state index in [1.54, 1.807) is 0 Å². The number of hydrogen-bond acceptors (Lipinski definition) is 18. The Morgan fingerprint density at radius 2 is 0.357 bits per heavy atom. The molecule has 0 bridgehead atoms. The molecule has 0 aromatic heterocycles. The number of hydrogen-bond donors (Lipinski definition) is 0. The largest absolute Gasteiger partial charge is 3.00 e. The number of carbonyl (C=O) groups excluding carboxylic acids is 6. The van der Waals surface area contributed by atoms with Crippen LogP contribution in [0.25, 0.3) is 0 Å². The van der Waals surface area contributed by atoms with Gasteiger partial charge in [-0.05, 0) is 36.9 Å². The molecule has 0 unspecified atom stereocenters. The monoisotopic (exact) mass is 922 g/mol. The SMILES string of the molecule is O=C([O-])[O-].O=C([O-])[O-].O=C([O-])[O-].O=C([O-])[O-].O=C([O-])[O-].O=C([O-])[O-].[Ce+3].[La+3].[Nd+3].[Pr+3]. The van der Waals surface area contributed by atoms with Crippen molar-refractivity contribution in [3.8, 4) is 0 Å². The normalized spacial score (nSPS) is 5.14. The van der Waals surface area contributed by atoms with Crippen molar-refractivity contribution in [2.24, 2.45) is 0 Å². The molecule has 0 N–H and O–H groups in total. The first-order chi connectivity index (χ1) is 10.4. The standard InChI is InChI=1S/6CH2O3.Ce.La.Nd.Pr/c6*2-1(3)4;;;;/h6*(H2,2,3,4);;;;/q;;;;;;4*+3/p-12. The van der Waals surface area contributed by atoms with Crippen LogP contribution < -0.4 is 61.3 Å². The first-order valence-corrected chi connectivity index (χ1v) is 3.67. The second kappa shape index (κ2) is 56.5. The fourth-order valence-electron chi connectivity index (χ4n) is 0. The zero-order chi connectivity index (χ0) is 21.5. The third-order valence-electron chi connectivity index (χ3n) is 0. The molecule has 0 aromatic carbocycles. The Kier molecular flexibility index (Phi) is 127. The molecule has 0 aliphatic rings. The summed E-state index contributed by atoms with van der Waals surface area (Å²) in [5, 5.41) is 100. The van der Waals surface area contributed by atoms with Crippen molar-refractivity contribution < 1.29 is 250 Å². The molecule has 0 aromatic rings. The van der Waals surface area contributed by atoms with Crippen LogP contribution in [0.3, 0.4) is 0 Å². The maximum atomic E-state index is 8.33. The van der Waals surface area contributed by atoms with Crippen molar-refractivity contribution in [2.45, 2.75) is 0 Å². The summed E-state index contributed by atoms with van der Waals surface area (Å²) >= 11 is 0. The Morgan fingerprint density at radius 1 is 0.357 bits per heavy atom. The van der Waals surface area contributed by atoms with Crippen LogP contribution in [0.15, 0.2) is 0 Å². The zero-order valence-corrected chi connectivity index (χ0v) is 26.2. The van der Waals surface area contributed by atoms with E-state index in [0.29, 0.717) is 0 Å². The van der Waals surface area contributed by atoms with E-state index >= 15 is 0 Å². The van der Waals surface area contributed by atoms with Gasteiger partial charge in [0.15, 0.2) is 0 Å². The fraction of sp³-hybridized carbons (Fsp3) is 0. The van der Waals surface area contributed by atoms with Gasteiger partial charge in [-0.1, -0.05) is 0 Å². The van der Waals surface area contributed by atoms with Crippen LogP contribution in [-0.4, -0.2) is 36.9 Å². The van der Waals surface area contributed by atoms with Crippen molar-refractivity contribution in [1.29, 1.82) is 0 Å². The van der Waals surface area contributed by atoms with Gasteiger partial charge in [-0.3, -0.25) is 0 Å². The van der Waals surface area contributed by atoms with Crippen molar-refractivity contribution in [1.82, 2.24) is 0 Å². The smallest absolute Gasteiger partial charge is 0.652 e. The molecule has 0 saturated carbocycles. The van der Waals surface area contributed by atoms with E-state index < -0.39 is 36.9 Å². The molecule has 0 fully saturated rings. The molecule has 0 rings (SSSR count). The van der Waals surface area contributed by atoms with Crippen LogP contribution in [0.2, 0.25) is 0 Å². The maximum Gasteiger partial charge on any atom is 3.00 e. The number of carbonyl (C=O) groups is 6. The molecule has 28 heavy (non-hydrogen) atoms. The van der Waals surface area contributed by atoms with Crippen LogP contribution in [-0.2, 0) is 0 Å². The Balaban J connectivity index is -0.0000000169. The van der Waals surface area contributed by atoms with Crippen molar-refractivity contribution in [3.63, 3.8) is 0 Å². The van der Waals surface area contributed by atoms with Gasteiger partial charge in [-0.25, -0.2) is 0 Å². The summed E-state index contributed by atoms with van der Waals surface area (Å²) in [4.78, 5) is 50.0. The molecule has 18 nitrogen and oxygen atoms in total. The van der Waals surface area contributed by atoms with Gasteiger partial charge in [0.2, 0.25) is 0 Å². The summed E-state index contributed by atoms with van der Waals surface area (Å²) in [5.41, 5.74) is 0. The van der Waals surface area contributed by atoms with Crippen LogP contribution in [0.4, 0.5) is 28.8 Å². The summed E-state index contributed by atoms with van der Waals surface area (Å²) < 4.78 is 0. The van der Waals surface area contributed by atoms with E-state index in [0.717, 1.165) is 0 Å². The van der Waals surface area contributed by atoms with Gasteiger partial charge in [0.1, 0.15) is 0 Å². The van der Waals surface area contributed by atoms with E-state index in [4.69, 9.17) is 90.0 Å². The quantitative estimate of drug-likeness (QED) is 0.218. The molecule has 22 heteroatoms. The van der Waals surface area contributed by atoms with E-state index in [-0.39, 0.29) is 159 Å². The minimum absolute atomic E-state index is 0. The Hall–Kier alpha value is 0.906. The van der Waals surface area contributed by atoms with Crippen LogP contribution in [0.5, 0.6) is 0 Å². The predicted molar refractivity (Wildman–Crippen MR) is 32.4 cm³/mol.